The Morgan fingerprint density at radius 2 is 2.33 bits per heavy atom. The first-order chi connectivity index (χ1) is 5.92. The molecule has 0 radical (unpaired) electrons. The zero-order valence-electron chi connectivity index (χ0n) is 7.17. The van der Waals surface area contributed by atoms with E-state index in [-0.39, 0.29) is 0 Å². The first kappa shape index (κ1) is 7.62. The molecular weight excluding hydrogens is 152 g/mol. The van der Waals surface area contributed by atoms with Gasteiger partial charge in [0.05, 0.1) is 20.3 Å². The summed E-state index contributed by atoms with van der Waals surface area (Å²) in [4.78, 5) is 0. The van der Waals surface area contributed by atoms with Gasteiger partial charge in [-0.15, -0.1) is 0 Å². The van der Waals surface area contributed by atoms with Crippen molar-refractivity contribution in [3.63, 3.8) is 0 Å². The van der Waals surface area contributed by atoms with Gasteiger partial charge in [0.25, 0.3) is 0 Å². The van der Waals surface area contributed by atoms with Gasteiger partial charge in [0, 0.05) is 5.56 Å². The van der Waals surface area contributed by atoms with Gasteiger partial charge in [0.15, 0.2) is 0 Å². The Bertz CT molecular complexity index is 267. The van der Waals surface area contributed by atoms with E-state index < -0.39 is 0 Å². The van der Waals surface area contributed by atoms with Crippen LogP contribution in [-0.2, 0) is 17.8 Å². The highest BCUT2D eigenvalue weighted by Crippen LogP contribution is 2.26. The molecule has 0 aliphatic carbocycles. The Morgan fingerprint density at radius 3 is 3.17 bits per heavy atom. The molecule has 0 unspecified atom stereocenters. The summed E-state index contributed by atoms with van der Waals surface area (Å²) in [7, 11) is 1.71. The summed E-state index contributed by atoms with van der Waals surface area (Å²) in [5, 5.41) is 0. The van der Waals surface area contributed by atoms with Gasteiger partial charge in [-0.05, 0) is 18.1 Å². The molecule has 0 atom stereocenters. The van der Waals surface area contributed by atoms with Crippen LogP contribution in [0.3, 0.4) is 0 Å². The Balaban J connectivity index is 2.44. The number of hydrogen-bond acceptors (Lipinski definition) is 2. The molecule has 2 rings (SSSR count). The molecule has 0 saturated heterocycles. The highest BCUT2D eigenvalue weighted by atomic mass is 16.5. The van der Waals surface area contributed by atoms with Crippen molar-refractivity contribution in [1.29, 1.82) is 0 Å². The van der Waals surface area contributed by atoms with Gasteiger partial charge in [0.2, 0.25) is 0 Å². The predicted octanol–water partition coefficient (Wildman–Crippen LogP) is 1.77. The third-order valence-electron chi connectivity index (χ3n) is 2.20. The van der Waals surface area contributed by atoms with E-state index in [2.05, 4.69) is 6.07 Å². The fraction of sp³-hybridized carbons (Fsp3) is 0.400. The Kier molecular flexibility index (Phi) is 2.00. The normalized spacial score (nSPS) is 15.4. The minimum atomic E-state index is 0.729. The molecule has 12 heavy (non-hydrogen) atoms. The van der Waals surface area contributed by atoms with Crippen molar-refractivity contribution in [3.8, 4) is 5.75 Å². The maximum atomic E-state index is 5.34. The third-order valence-corrected chi connectivity index (χ3v) is 2.20. The van der Waals surface area contributed by atoms with Crippen molar-refractivity contribution >= 4 is 0 Å². The lowest BCUT2D eigenvalue weighted by molar-refractivity contribution is 0.109. The van der Waals surface area contributed by atoms with Gasteiger partial charge in [-0.25, -0.2) is 0 Å². The molecule has 0 amide bonds. The summed E-state index contributed by atoms with van der Waals surface area (Å²) < 4.78 is 10.6. The highest BCUT2D eigenvalue weighted by Gasteiger charge is 2.12. The van der Waals surface area contributed by atoms with Crippen LogP contribution in [-0.4, -0.2) is 13.7 Å². The molecule has 1 aromatic carbocycles. The fourth-order valence-electron chi connectivity index (χ4n) is 1.58. The average Bonchev–Trinajstić information content (AvgIpc) is 2.17. The van der Waals surface area contributed by atoms with Crippen molar-refractivity contribution in [3.05, 3.63) is 29.3 Å². The molecule has 0 N–H and O–H groups in total. The minimum absolute atomic E-state index is 0.729. The Morgan fingerprint density at radius 1 is 1.42 bits per heavy atom. The fourth-order valence-corrected chi connectivity index (χ4v) is 1.58. The van der Waals surface area contributed by atoms with Gasteiger partial charge in [0.1, 0.15) is 5.75 Å². The molecule has 0 spiro atoms. The molecule has 1 aliphatic rings. The van der Waals surface area contributed by atoms with E-state index >= 15 is 0 Å². The van der Waals surface area contributed by atoms with Crippen LogP contribution in [0.4, 0.5) is 0 Å². The second-order valence-corrected chi connectivity index (χ2v) is 2.90. The summed E-state index contributed by atoms with van der Waals surface area (Å²) in [6, 6.07) is 6.10. The maximum absolute atomic E-state index is 5.34. The lowest BCUT2D eigenvalue weighted by Gasteiger charge is -2.18. The van der Waals surface area contributed by atoms with E-state index in [0.29, 0.717) is 0 Å². The molecule has 64 valence electrons. The lowest BCUT2D eigenvalue weighted by Crippen LogP contribution is -2.10. The zero-order chi connectivity index (χ0) is 8.39. The quantitative estimate of drug-likeness (QED) is 0.629. The van der Waals surface area contributed by atoms with Crippen LogP contribution in [0.1, 0.15) is 11.1 Å². The van der Waals surface area contributed by atoms with Crippen molar-refractivity contribution in [2.24, 2.45) is 0 Å². The number of ether oxygens (including phenoxy) is 2. The van der Waals surface area contributed by atoms with E-state index in [1.165, 1.54) is 11.1 Å². The maximum Gasteiger partial charge on any atom is 0.122 e. The first-order valence-corrected chi connectivity index (χ1v) is 4.14. The Labute approximate surface area is 72.1 Å². The predicted molar refractivity (Wildman–Crippen MR) is 46.4 cm³/mol. The van der Waals surface area contributed by atoms with Crippen molar-refractivity contribution in [2.75, 3.05) is 13.7 Å². The molecule has 0 bridgehead atoms. The number of rotatable bonds is 1. The smallest absolute Gasteiger partial charge is 0.122 e. The number of benzene rings is 1. The van der Waals surface area contributed by atoms with Gasteiger partial charge >= 0.3 is 0 Å². The topological polar surface area (TPSA) is 18.5 Å². The summed E-state index contributed by atoms with van der Waals surface area (Å²) in [6.45, 7) is 1.54. The SMILES string of the molecule is COc1cccc2c1CCOC2. The minimum Gasteiger partial charge on any atom is -0.496 e. The van der Waals surface area contributed by atoms with Gasteiger partial charge in [-0.2, -0.15) is 0 Å². The van der Waals surface area contributed by atoms with E-state index in [9.17, 15) is 0 Å². The first-order valence-electron chi connectivity index (χ1n) is 4.14. The van der Waals surface area contributed by atoms with Gasteiger partial charge in [-0.1, -0.05) is 12.1 Å². The van der Waals surface area contributed by atoms with Crippen LogP contribution in [0, 0.1) is 0 Å². The molecule has 2 nitrogen and oxygen atoms in total. The second kappa shape index (κ2) is 3.15. The average molecular weight is 164 g/mol. The summed E-state index contributed by atoms with van der Waals surface area (Å²) >= 11 is 0. The molecule has 0 saturated carbocycles. The highest BCUT2D eigenvalue weighted by molar-refractivity contribution is 5.40. The second-order valence-electron chi connectivity index (χ2n) is 2.90. The van der Waals surface area contributed by atoms with Crippen molar-refractivity contribution < 1.29 is 9.47 Å². The monoisotopic (exact) mass is 164 g/mol. The number of fused-ring (bicyclic) bond motifs is 1. The van der Waals surface area contributed by atoms with Crippen molar-refractivity contribution in [1.82, 2.24) is 0 Å². The van der Waals surface area contributed by atoms with Crippen molar-refractivity contribution in [2.45, 2.75) is 13.0 Å². The van der Waals surface area contributed by atoms with Gasteiger partial charge in [-0.3, -0.25) is 0 Å². The Hall–Kier alpha value is -1.02. The van der Waals surface area contributed by atoms with E-state index in [4.69, 9.17) is 9.47 Å². The van der Waals surface area contributed by atoms with Crippen LogP contribution in [0.5, 0.6) is 5.75 Å². The molecule has 0 aromatic heterocycles. The lowest BCUT2D eigenvalue weighted by atomic mass is 10.0. The summed E-state index contributed by atoms with van der Waals surface area (Å²) in [5.41, 5.74) is 2.58. The van der Waals surface area contributed by atoms with E-state index in [0.717, 1.165) is 25.4 Å². The zero-order valence-corrected chi connectivity index (χ0v) is 7.17. The molecule has 1 aromatic rings. The summed E-state index contributed by atoms with van der Waals surface area (Å²) in [5.74, 6) is 0.996. The molecule has 1 aliphatic heterocycles. The van der Waals surface area contributed by atoms with Crippen LogP contribution in [0.25, 0.3) is 0 Å². The number of hydrogen-bond donors (Lipinski definition) is 0. The molecular formula is C10H12O2. The van der Waals surface area contributed by atoms with Crippen LogP contribution in [0.15, 0.2) is 18.2 Å². The number of methoxy groups -OCH3 is 1. The van der Waals surface area contributed by atoms with Crippen LogP contribution < -0.4 is 4.74 Å². The summed E-state index contributed by atoms with van der Waals surface area (Å²) in [6.07, 6.45) is 0.972. The van der Waals surface area contributed by atoms with E-state index in [1.807, 2.05) is 12.1 Å². The molecule has 2 heteroatoms. The third kappa shape index (κ3) is 1.18. The van der Waals surface area contributed by atoms with Gasteiger partial charge < -0.3 is 9.47 Å². The van der Waals surface area contributed by atoms with Crippen LogP contribution >= 0.6 is 0 Å². The largest absolute Gasteiger partial charge is 0.496 e. The van der Waals surface area contributed by atoms with E-state index in [1.54, 1.807) is 7.11 Å². The molecule has 0 fully saturated rings. The standard InChI is InChI=1S/C10H12O2/c1-11-10-4-2-3-8-7-12-6-5-9(8)10/h2-4H,5-7H2,1H3. The molecule has 1 heterocycles. The van der Waals surface area contributed by atoms with Crippen LogP contribution in [0.2, 0.25) is 0 Å².